The van der Waals surface area contributed by atoms with Gasteiger partial charge in [-0.3, -0.25) is 0 Å². The van der Waals surface area contributed by atoms with Crippen LogP contribution in [0.25, 0.3) is 10.8 Å². The molecule has 3 rings (SSSR count). The van der Waals surface area contributed by atoms with E-state index in [0.717, 1.165) is 16.8 Å². The van der Waals surface area contributed by atoms with Crippen molar-refractivity contribution in [3.05, 3.63) is 72.0 Å². The van der Waals surface area contributed by atoms with Crippen LogP contribution in [0.1, 0.15) is 10.4 Å². The van der Waals surface area contributed by atoms with E-state index in [2.05, 4.69) is 0 Å². The lowest BCUT2D eigenvalue weighted by Gasteiger charge is -2.11. The Hall–Kier alpha value is -2.88. The molecular formula is C17H11FO3. The average Bonchev–Trinajstić information content (AvgIpc) is 2.49. The van der Waals surface area contributed by atoms with Crippen LogP contribution < -0.4 is 4.74 Å². The van der Waals surface area contributed by atoms with Gasteiger partial charge in [0.05, 0.1) is 0 Å². The van der Waals surface area contributed by atoms with Crippen molar-refractivity contribution in [2.45, 2.75) is 0 Å². The lowest BCUT2D eigenvalue weighted by molar-refractivity contribution is 0.0693. The van der Waals surface area contributed by atoms with E-state index in [-0.39, 0.29) is 11.3 Å². The van der Waals surface area contributed by atoms with E-state index in [0.29, 0.717) is 5.75 Å². The molecule has 0 heterocycles. The molecule has 0 aliphatic heterocycles. The van der Waals surface area contributed by atoms with E-state index in [4.69, 9.17) is 9.84 Å². The van der Waals surface area contributed by atoms with Crippen molar-refractivity contribution in [2.75, 3.05) is 0 Å². The molecule has 0 fully saturated rings. The van der Waals surface area contributed by atoms with Crippen LogP contribution in [0.2, 0.25) is 0 Å². The molecule has 0 aromatic heterocycles. The number of rotatable bonds is 3. The van der Waals surface area contributed by atoms with Gasteiger partial charge >= 0.3 is 5.97 Å². The predicted octanol–water partition coefficient (Wildman–Crippen LogP) is 4.47. The maximum absolute atomic E-state index is 13.2. The normalized spacial score (nSPS) is 10.5. The van der Waals surface area contributed by atoms with Crippen LogP contribution in [0, 0.1) is 5.82 Å². The van der Waals surface area contributed by atoms with Crippen molar-refractivity contribution in [3.8, 4) is 11.5 Å². The SMILES string of the molecule is O=C(O)c1cc(F)ccc1Oc1cccc2ccccc12. The van der Waals surface area contributed by atoms with Gasteiger partial charge in [0.1, 0.15) is 22.9 Å². The molecule has 0 aliphatic carbocycles. The zero-order chi connectivity index (χ0) is 14.8. The number of carboxylic acid groups (broad SMARTS) is 1. The molecule has 0 radical (unpaired) electrons. The van der Waals surface area contributed by atoms with Gasteiger partial charge in [-0.25, -0.2) is 9.18 Å². The fourth-order valence-corrected chi connectivity index (χ4v) is 2.16. The van der Waals surface area contributed by atoms with Crippen molar-refractivity contribution < 1.29 is 19.0 Å². The number of hydrogen-bond donors (Lipinski definition) is 1. The standard InChI is InChI=1S/C17H11FO3/c18-12-8-9-16(14(10-12)17(19)20)21-15-7-3-5-11-4-1-2-6-13(11)15/h1-10H,(H,19,20). The summed E-state index contributed by atoms with van der Waals surface area (Å²) < 4.78 is 18.9. The zero-order valence-electron chi connectivity index (χ0n) is 10.9. The summed E-state index contributed by atoms with van der Waals surface area (Å²) in [5, 5.41) is 11.0. The maximum Gasteiger partial charge on any atom is 0.339 e. The van der Waals surface area contributed by atoms with Gasteiger partial charge in [0.2, 0.25) is 0 Å². The molecule has 0 saturated carbocycles. The maximum atomic E-state index is 13.2. The predicted molar refractivity (Wildman–Crippen MR) is 77.4 cm³/mol. The quantitative estimate of drug-likeness (QED) is 0.771. The number of ether oxygens (including phenoxy) is 1. The molecule has 21 heavy (non-hydrogen) atoms. The van der Waals surface area contributed by atoms with Crippen molar-refractivity contribution in [1.29, 1.82) is 0 Å². The molecule has 0 saturated heterocycles. The first-order valence-corrected chi connectivity index (χ1v) is 6.33. The molecule has 0 atom stereocenters. The lowest BCUT2D eigenvalue weighted by Crippen LogP contribution is -2.01. The second kappa shape index (κ2) is 5.25. The molecule has 0 unspecified atom stereocenters. The first-order chi connectivity index (χ1) is 10.1. The largest absolute Gasteiger partial charge is 0.478 e. The number of halogens is 1. The zero-order valence-corrected chi connectivity index (χ0v) is 10.9. The van der Waals surface area contributed by atoms with Crippen LogP contribution in [0.15, 0.2) is 60.7 Å². The molecule has 3 aromatic rings. The van der Waals surface area contributed by atoms with Gasteiger partial charge in [-0.1, -0.05) is 36.4 Å². The van der Waals surface area contributed by atoms with Crippen molar-refractivity contribution in [2.24, 2.45) is 0 Å². The van der Waals surface area contributed by atoms with Gasteiger partial charge in [0.15, 0.2) is 0 Å². The van der Waals surface area contributed by atoms with E-state index in [1.54, 1.807) is 6.07 Å². The minimum absolute atomic E-state index is 0.111. The molecule has 104 valence electrons. The second-order valence-corrected chi connectivity index (χ2v) is 4.52. The summed E-state index contributed by atoms with van der Waals surface area (Å²) in [4.78, 5) is 11.2. The summed E-state index contributed by atoms with van der Waals surface area (Å²) >= 11 is 0. The van der Waals surface area contributed by atoms with E-state index in [1.165, 1.54) is 12.1 Å². The third-order valence-corrected chi connectivity index (χ3v) is 3.14. The second-order valence-electron chi connectivity index (χ2n) is 4.52. The van der Waals surface area contributed by atoms with E-state index >= 15 is 0 Å². The van der Waals surface area contributed by atoms with Crippen LogP contribution in [0.4, 0.5) is 4.39 Å². The number of benzene rings is 3. The van der Waals surface area contributed by atoms with Gasteiger partial charge in [-0.15, -0.1) is 0 Å². The molecule has 3 nitrogen and oxygen atoms in total. The average molecular weight is 282 g/mol. The third-order valence-electron chi connectivity index (χ3n) is 3.14. The minimum Gasteiger partial charge on any atom is -0.478 e. The van der Waals surface area contributed by atoms with Gasteiger partial charge < -0.3 is 9.84 Å². The molecule has 4 heteroatoms. The molecule has 1 N–H and O–H groups in total. The molecule has 3 aromatic carbocycles. The topological polar surface area (TPSA) is 46.5 Å². The fourth-order valence-electron chi connectivity index (χ4n) is 2.16. The number of fused-ring (bicyclic) bond motifs is 1. The van der Waals surface area contributed by atoms with Gasteiger partial charge in [0, 0.05) is 5.39 Å². The number of carbonyl (C=O) groups is 1. The smallest absolute Gasteiger partial charge is 0.339 e. The summed E-state index contributed by atoms with van der Waals surface area (Å²) in [5.41, 5.74) is -0.206. The minimum atomic E-state index is -1.23. The van der Waals surface area contributed by atoms with Gasteiger partial charge in [-0.2, -0.15) is 0 Å². The number of aromatic carboxylic acids is 1. The van der Waals surface area contributed by atoms with Crippen LogP contribution in [0.3, 0.4) is 0 Å². The number of carboxylic acids is 1. The lowest BCUT2D eigenvalue weighted by atomic mass is 10.1. The molecule has 0 spiro atoms. The summed E-state index contributed by atoms with van der Waals surface area (Å²) in [6.07, 6.45) is 0. The highest BCUT2D eigenvalue weighted by Gasteiger charge is 2.14. The van der Waals surface area contributed by atoms with Crippen LogP contribution in [0.5, 0.6) is 11.5 Å². The Morgan fingerprint density at radius 3 is 2.52 bits per heavy atom. The molecule has 0 aliphatic rings. The van der Waals surface area contributed by atoms with Crippen LogP contribution in [-0.2, 0) is 0 Å². The van der Waals surface area contributed by atoms with Crippen molar-refractivity contribution in [1.82, 2.24) is 0 Å². The van der Waals surface area contributed by atoms with Gasteiger partial charge in [0.25, 0.3) is 0 Å². The first kappa shape index (κ1) is 13.1. The Morgan fingerprint density at radius 1 is 0.952 bits per heavy atom. The van der Waals surface area contributed by atoms with Crippen molar-refractivity contribution in [3.63, 3.8) is 0 Å². The van der Waals surface area contributed by atoms with Crippen LogP contribution >= 0.6 is 0 Å². The fraction of sp³-hybridized carbons (Fsp3) is 0. The highest BCUT2D eigenvalue weighted by atomic mass is 19.1. The summed E-state index contributed by atoms with van der Waals surface area (Å²) in [6, 6.07) is 16.5. The highest BCUT2D eigenvalue weighted by molar-refractivity contribution is 5.92. The van der Waals surface area contributed by atoms with E-state index < -0.39 is 11.8 Å². The van der Waals surface area contributed by atoms with Gasteiger partial charge in [-0.05, 0) is 29.7 Å². The Kier molecular flexibility index (Phi) is 3.28. The Labute approximate surface area is 120 Å². The van der Waals surface area contributed by atoms with E-state index in [9.17, 15) is 9.18 Å². The number of hydrogen-bond acceptors (Lipinski definition) is 2. The highest BCUT2D eigenvalue weighted by Crippen LogP contribution is 2.31. The van der Waals surface area contributed by atoms with Crippen molar-refractivity contribution >= 4 is 16.7 Å². The summed E-state index contributed by atoms with van der Waals surface area (Å²) in [7, 11) is 0. The van der Waals surface area contributed by atoms with Crippen LogP contribution in [-0.4, -0.2) is 11.1 Å². The van der Waals surface area contributed by atoms with E-state index in [1.807, 2.05) is 36.4 Å². The molecular weight excluding hydrogens is 271 g/mol. The third kappa shape index (κ3) is 2.56. The Morgan fingerprint density at radius 2 is 1.71 bits per heavy atom. The molecule has 0 amide bonds. The first-order valence-electron chi connectivity index (χ1n) is 6.33. The summed E-state index contributed by atoms with van der Waals surface area (Å²) in [6.45, 7) is 0. The summed E-state index contributed by atoms with van der Waals surface area (Å²) in [5.74, 6) is -1.20. The molecule has 0 bridgehead atoms. The monoisotopic (exact) mass is 282 g/mol. The Balaban J connectivity index is 2.09. The Bertz CT molecular complexity index is 822.